The van der Waals surface area contributed by atoms with Gasteiger partial charge in [-0.05, 0) is 6.42 Å². The van der Waals surface area contributed by atoms with E-state index in [1.54, 1.807) is 0 Å². The minimum atomic E-state index is -0.349. The van der Waals surface area contributed by atoms with Gasteiger partial charge in [0.15, 0.2) is 0 Å². The van der Waals surface area contributed by atoms with E-state index < -0.39 is 0 Å². The first-order chi connectivity index (χ1) is 5.74. The molecule has 0 N–H and O–H groups in total. The molecule has 0 aliphatic heterocycles. The van der Waals surface area contributed by atoms with Crippen LogP contribution in [0.25, 0.3) is 0 Å². The number of ether oxygens (including phenoxy) is 3. The molecule has 0 rings (SSSR count). The third-order valence-electron chi connectivity index (χ3n) is 1.92. The summed E-state index contributed by atoms with van der Waals surface area (Å²) in [5.74, 6) is 0. The van der Waals surface area contributed by atoms with E-state index in [-0.39, 0.29) is 5.41 Å². The summed E-state index contributed by atoms with van der Waals surface area (Å²) in [5.41, 5.74) is -0.349. The third kappa shape index (κ3) is 3.52. The standard InChI is InChI=1S/C9H14O3/c1-5-9(6-10-2,7-11-3)8-12-4/h2-4H,5-8H2,1H3. The van der Waals surface area contributed by atoms with Crippen LogP contribution >= 0.6 is 0 Å². The molecule has 0 bridgehead atoms. The maximum absolute atomic E-state index is 4.96. The maximum atomic E-state index is 4.96. The quantitative estimate of drug-likeness (QED) is 0.578. The fourth-order valence-corrected chi connectivity index (χ4v) is 0.962. The Morgan fingerprint density at radius 2 is 1.25 bits per heavy atom. The summed E-state index contributed by atoms with van der Waals surface area (Å²) in [4.78, 5) is 0. The third-order valence-corrected chi connectivity index (χ3v) is 1.92. The molecule has 3 nitrogen and oxygen atoms in total. The second-order valence-electron chi connectivity index (χ2n) is 2.79. The zero-order valence-corrected chi connectivity index (χ0v) is 7.29. The summed E-state index contributed by atoms with van der Waals surface area (Å²) in [7, 11) is 14.9. The first kappa shape index (κ1) is 11.9. The lowest BCUT2D eigenvalue weighted by molar-refractivity contribution is -0.0169. The Balaban J connectivity index is 4.06. The number of rotatable bonds is 7. The van der Waals surface area contributed by atoms with Crippen molar-refractivity contribution in [1.82, 2.24) is 0 Å². The lowest BCUT2D eigenvalue weighted by atomic mass is 9.88. The van der Waals surface area contributed by atoms with Crippen LogP contribution in [0, 0.1) is 26.7 Å². The normalized spacial score (nSPS) is 12.0. The molecule has 0 amide bonds. The smallest absolute Gasteiger partial charge is 0.115 e. The Kier molecular flexibility index (Phi) is 6.34. The zero-order valence-electron chi connectivity index (χ0n) is 7.29. The van der Waals surface area contributed by atoms with Crippen LogP contribution in [0.4, 0.5) is 0 Å². The second-order valence-corrected chi connectivity index (χ2v) is 2.79. The van der Waals surface area contributed by atoms with Crippen molar-refractivity contribution in [3.8, 4) is 0 Å². The molecule has 3 heteroatoms. The molecule has 6 radical (unpaired) electrons. The fraction of sp³-hybridized carbons (Fsp3) is 0.667. The van der Waals surface area contributed by atoms with Gasteiger partial charge >= 0.3 is 0 Å². The molecule has 68 valence electrons. The molecule has 0 aliphatic rings. The van der Waals surface area contributed by atoms with E-state index in [4.69, 9.17) is 21.3 Å². The average Bonchev–Trinajstić information content (AvgIpc) is 2.06. The lowest BCUT2D eigenvalue weighted by Crippen LogP contribution is -2.34. The molecular weight excluding hydrogens is 156 g/mol. The molecule has 0 aromatic rings. The molecule has 0 saturated heterocycles. The van der Waals surface area contributed by atoms with Gasteiger partial charge in [-0.2, -0.15) is 0 Å². The molecule has 0 spiro atoms. The van der Waals surface area contributed by atoms with E-state index in [0.717, 1.165) is 6.42 Å². The predicted molar refractivity (Wildman–Crippen MR) is 43.5 cm³/mol. The Hall–Kier alpha value is -0.120. The highest BCUT2D eigenvalue weighted by Crippen LogP contribution is 2.23. The van der Waals surface area contributed by atoms with Gasteiger partial charge in [0.1, 0.15) is 21.3 Å². The maximum Gasteiger partial charge on any atom is 0.115 e. The van der Waals surface area contributed by atoms with Gasteiger partial charge in [-0.15, -0.1) is 0 Å². The first-order valence-corrected chi connectivity index (χ1v) is 3.69. The topological polar surface area (TPSA) is 27.7 Å². The van der Waals surface area contributed by atoms with Gasteiger partial charge in [0.05, 0.1) is 19.8 Å². The number of hydrogen-bond donors (Lipinski definition) is 0. The minimum absolute atomic E-state index is 0.303. The van der Waals surface area contributed by atoms with Crippen molar-refractivity contribution in [2.75, 3.05) is 19.8 Å². The van der Waals surface area contributed by atoms with E-state index in [9.17, 15) is 0 Å². The van der Waals surface area contributed by atoms with E-state index in [2.05, 4.69) is 14.2 Å². The lowest BCUT2D eigenvalue weighted by Gasteiger charge is -2.29. The van der Waals surface area contributed by atoms with Crippen molar-refractivity contribution in [3.05, 3.63) is 21.3 Å². The van der Waals surface area contributed by atoms with Gasteiger partial charge in [0.2, 0.25) is 0 Å². The van der Waals surface area contributed by atoms with Crippen molar-refractivity contribution in [1.29, 1.82) is 0 Å². The van der Waals surface area contributed by atoms with Crippen LogP contribution in [-0.4, -0.2) is 19.8 Å². The van der Waals surface area contributed by atoms with Crippen LogP contribution in [0.15, 0.2) is 0 Å². The molecule has 0 saturated carbocycles. The fourth-order valence-electron chi connectivity index (χ4n) is 0.962. The largest absolute Gasteiger partial charge is 0.372 e. The van der Waals surface area contributed by atoms with Crippen LogP contribution in [0.2, 0.25) is 0 Å². The predicted octanol–water partition coefficient (Wildman–Crippen LogP) is 1.44. The first-order valence-electron chi connectivity index (χ1n) is 3.69. The van der Waals surface area contributed by atoms with Gasteiger partial charge in [0, 0.05) is 5.41 Å². The van der Waals surface area contributed by atoms with Crippen LogP contribution in [0.3, 0.4) is 0 Å². The highest BCUT2D eigenvalue weighted by atomic mass is 16.5. The molecule has 0 fully saturated rings. The second kappa shape index (κ2) is 6.40. The molecule has 0 aromatic carbocycles. The summed E-state index contributed by atoms with van der Waals surface area (Å²) < 4.78 is 13.6. The van der Waals surface area contributed by atoms with Crippen molar-refractivity contribution >= 4 is 0 Å². The van der Waals surface area contributed by atoms with Crippen molar-refractivity contribution < 1.29 is 14.2 Å². The highest BCUT2D eigenvalue weighted by Gasteiger charge is 2.28. The molecule has 0 heterocycles. The summed E-state index contributed by atoms with van der Waals surface area (Å²) >= 11 is 0. The zero-order chi connectivity index (χ0) is 9.45. The summed E-state index contributed by atoms with van der Waals surface area (Å²) in [6, 6.07) is 0. The van der Waals surface area contributed by atoms with Gasteiger partial charge in [-0.25, -0.2) is 0 Å². The minimum Gasteiger partial charge on any atom is -0.372 e. The number of hydrogen-bond acceptors (Lipinski definition) is 3. The summed E-state index contributed by atoms with van der Waals surface area (Å²) in [6.07, 6.45) is 0.763. The van der Waals surface area contributed by atoms with E-state index in [0.29, 0.717) is 19.8 Å². The van der Waals surface area contributed by atoms with Gasteiger partial charge in [0.25, 0.3) is 0 Å². The Labute approximate surface area is 75.0 Å². The van der Waals surface area contributed by atoms with E-state index >= 15 is 0 Å². The van der Waals surface area contributed by atoms with Gasteiger partial charge in [-0.1, -0.05) is 6.92 Å². The molecule has 0 aliphatic carbocycles. The van der Waals surface area contributed by atoms with Crippen molar-refractivity contribution in [2.45, 2.75) is 13.3 Å². The van der Waals surface area contributed by atoms with Crippen LogP contribution in [-0.2, 0) is 14.2 Å². The highest BCUT2D eigenvalue weighted by molar-refractivity contribution is 4.77. The van der Waals surface area contributed by atoms with Gasteiger partial charge < -0.3 is 14.2 Å². The van der Waals surface area contributed by atoms with E-state index in [1.807, 2.05) is 6.92 Å². The summed E-state index contributed by atoms with van der Waals surface area (Å²) in [6.45, 7) is 2.87. The van der Waals surface area contributed by atoms with Crippen LogP contribution in [0.1, 0.15) is 13.3 Å². The molecular formula is C9H14O3. The van der Waals surface area contributed by atoms with E-state index in [1.165, 1.54) is 0 Å². The monoisotopic (exact) mass is 170 g/mol. The van der Waals surface area contributed by atoms with Crippen molar-refractivity contribution in [3.63, 3.8) is 0 Å². The Morgan fingerprint density at radius 3 is 1.42 bits per heavy atom. The molecule has 0 aromatic heterocycles. The van der Waals surface area contributed by atoms with Crippen LogP contribution < -0.4 is 0 Å². The van der Waals surface area contributed by atoms with Gasteiger partial charge in [-0.3, -0.25) is 0 Å². The van der Waals surface area contributed by atoms with Crippen LogP contribution in [0.5, 0.6) is 0 Å². The average molecular weight is 170 g/mol. The Bertz CT molecular complexity index is 86.9. The Morgan fingerprint density at radius 1 is 0.917 bits per heavy atom. The summed E-state index contributed by atoms with van der Waals surface area (Å²) in [5, 5.41) is 0. The molecule has 12 heavy (non-hydrogen) atoms. The molecule has 0 unspecified atom stereocenters. The molecule has 0 atom stereocenters. The van der Waals surface area contributed by atoms with Crippen molar-refractivity contribution in [2.24, 2.45) is 5.41 Å². The SMILES string of the molecule is [CH]OCC(CC)(CO[CH])CO[CH].